The van der Waals surface area contributed by atoms with Crippen LogP contribution in [0.15, 0.2) is 18.2 Å². The van der Waals surface area contributed by atoms with Crippen LogP contribution in [0.5, 0.6) is 0 Å². The van der Waals surface area contributed by atoms with Gasteiger partial charge in [-0.2, -0.15) is 0 Å². The summed E-state index contributed by atoms with van der Waals surface area (Å²) >= 11 is 0. The fourth-order valence-corrected chi connectivity index (χ4v) is 2.69. The molecule has 0 bridgehead atoms. The van der Waals surface area contributed by atoms with Crippen LogP contribution in [0.3, 0.4) is 0 Å². The van der Waals surface area contributed by atoms with Crippen LogP contribution >= 0.6 is 0 Å². The van der Waals surface area contributed by atoms with E-state index in [2.05, 4.69) is 13.8 Å². The van der Waals surface area contributed by atoms with Crippen LogP contribution in [-0.4, -0.2) is 11.0 Å². The standard InChI is InChI=1S/C15H22N2O3/c1-10-3-5-14(7-11(10)2)20-9-12-8-13(17(18)19)4-6-15(12)16/h4,6,8,10-11,14H,3,5,7,9,16H2,1-2H3. The highest BCUT2D eigenvalue weighted by atomic mass is 16.6. The molecular formula is C15H22N2O3. The molecule has 1 aromatic carbocycles. The van der Waals surface area contributed by atoms with E-state index >= 15 is 0 Å². The number of anilines is 1. The number of rotatable bonds is 4. The van der Waals surface area contributed by atoms with Gasteiger partial charge in [-0.1, -0.05) is 13.8 Å². The van der Waals surface area contributed by atoms with Crippen molar-refractivity contribution in [1.82, 2.24) is 0 Å². The molecule has 20 heavy (non-hydrogen) atoms. The van der Waals surface area contributed by atoms with E-state index in [1.54, 1.807) is 6.07 Å². The van der Waals surface area contributed by atoms with Gasteiger partial charge in [0.25, 0.3) is 5.69 Å². The van der Waals surface area contributed by atoms with Crippen LogP contribution in [0.2, 0.25) is 0 Å². The van der Waals surface area contributed by atoms with Crippen molar-refractivity contribution in [2.24, 2.45) is 11.8 Å². The zero-order valence-electron chi connectivity index (χ0n) is 12.0. The van der Waals surface area contributed by atoms with Crippen molar-refractivity contribution in [3.05, 3.63) is 33.9 Å². The zero-order valence-corrected chi connectivity index (χ0v) is 12.0. The molecule has 2 N–H and O–H groups in total. The number of non-ortho nitro benzene ring substituents is 1. The van der Waals surface area contributed by atoms with Crippen molar-refractivity contribution < 1.29 is 9.66 Å². The van der Waals surface area contributed by atoms with Crippen molar-refractivity contribution in [2.45, 2.75) is 45.8 Å². The van der Waals surface area contributed by atoms with Gasteiger partial charge in [-0.05, 0) is 37.2 Å². The topological polar surface area (TPSA) is 78.4 Å². The third-order valence-corrected chi connectivity index (χ3v) is 4.36. The molecule has 1 saturated carbocycles. The van der Waals surface area contributed by atoms with Crippen molar-refractivity contribution in [1.29, 1.82) is 0 Å². The van der Waals surface area contributed by atoms with Crippen LogP contribution in [0.4, 0.5) is 11.4 Å². The van der Waals surface area contributed by atoms with Gasteiger partial charge in [0, 0.05) is 23.4 Å². The summed E-state index contributed by atoms with van der Waals surface area (Å²) in [5.41, 5.74) is 7.16. The summed E-state index contributed by atoms with van der Waals surface area (Å²) in [4.78, 5) is 10.4. The summed E-state index contributed by atoms with van der Waals surface area (Å²) in [7, 11) is 0. The molecule has 3 atom stereocenters. The number of nitrogens with two attached hydrogens (primary N) is 1. The van der Waals surface area contributed by atoms with Crippen molar-refractivity contribution in [2.75, 3.05) is 5.73 Å². The number of hydrogen-bond acceptors (Lipinski definition) is 4. The molecule has 0 spiro atoms. The minimum absolute atomic E-state index is 0.0587. The van der Waals surface area contributed by atoms with E-state index in [9.17, 15) is 10.1 Å². The molecule has 0 amide bonds. The second kappa shape index (κ2) is 6.22. The van der Waals surface area contributed by atoms with Gasteiger partial charge < -0.3 is 10.5 Å². The van der Waals surface area contributed by atoms with Gasteiger partial charge >= 0.3 is 0 Å². The lowest BCUT2D eigenvalue weighted by atomic mass is 9.80. The predicted molar refractivity (Wildman–Crippen MR) is 78.3 cm³/mol. The lowest BCUT2D eigenvalue weighted by Gasteiger charge is -2.32. The number of nitro benzene ring substituents is 1. The Hall–Kier alpha value is -1.62. The SMILES string of the molecule is CC1CCC(OCc2cc([N+](=O)[O-])ccc2N)CC1C. The molecule has 0 radical (unpaired) electrons. The second-order valence-corrected chi connectivity index (χ2v) is 5.84. The van der Waals surface area contributed by atoms with Gasteiger partial charge in [-0.15, -0.1) is 0 Å². The number of nitrogen functional groups attached to an aromatic ring is 1. The Balaban J connectivity index is 1.97. The van der Waals surface area contributed by atoms with Gasteiger partial charge in [-0.3, -0.25) is 10.1 Å². The fourth-order valence-electron chi connectivity index (χ4n) is 2.69. The first-order chi connectivity index (χ1) is 9.47. The molecule has 1 aromatic rings. The van der Waals surface area contributed by atoms with E-state index in [4.69, 9.17) is 10.5 Å². The summed E-state index contributed by atoms with van der Waals surface area (Å²) < 4.78 is 5.90. The highest BCUT2D eigenvalue weighted by Crippen LogP contribution is 2.32. The van der Waals surface area contributed by atoms with Crippen LogP contribution in [-0.2, 0) is 11.3 Å². The molecule has 5 heteroatoms. The van der Waals surface area contributed by atoms with Crippen molar-refractivity contribution in [3.8, 4) is 0 Å². The number of ether oxygens (including phenoxy) is 1. The molecule has 1 aliphatic carbocycles. The lowest BCUT2D eigenvalue weighted by Crippen LogP contribution is -2.26. The maximum atomic E-state index is 10.8. The number of benzene rings is 1. The Morgan fingerprint density at radius 2 is 2.10 bits per heavy atom. The average Bonchev–Trinajstić information content (AvgIpc) is 2.41. The van der Waals surface area contributed by atoms with Gasteiger partial charge in [0.15, 0.2) is 0 Å². The molecule has 0 aromatic heterocycles. The first kappa shape index (κ1) is 14.8. The quantitative estimate of drug-likeness (QED) is 0.519. The van der Waals surface area contributed by atoms with Crippen LogP contribution in [0.1, 0.15) is 38.7 Å². The fraction of sp³-hybridized carbons (Fsp3) is 0.600. The van der Waals surface area contributed by atoms with Crippen LogP contribution in [0.25, 0.3) is 0 Å². The van der Waals surface area contributed by atoms with E-state index in [0.29, 0.717) is 23.8 Å². The minimum Gasteiger partial charge on any atom is -0.398 e. The van der Waals surface area contributed by atoms with E-state index in [0.717, 1.165) is 18.8 Å². The summed E-state index contributed by atoms with van der Waals surface area (Å²) in [6.45, 7) is 4.88. The van der Waals surface area contributed by atoms with Crippen LogP contribution in [0, 0.1) is 22.0 Å². The number of hydrogen-bond donors (Lipinski definition) is 1. The average molecular weight is 278 g/mol. The summed E-state index contributed by atoms with van der Waals surface area (Å²) in [5.74, 6) is 1.41. The second-order valence-electron chi connectivity index (χ2n) is 5.84. The predicted octanol–water partition coefficient (Wildman–Crippen LogP) is 3.52. The Morgan fingerprint density at radius 1 is 1.35 bits per heavy atom. The maximum Gasteiger partial charge on any atom is 0.269 e. The van der Waals surface area contributed by atoms with Crippen molar-refractivity contribution in [3.63, 3.8) is 0 Å². The Bertz CT molecular complexity index is 490. The van der Waals surface area contributed by atoms with Gasteiger partial charge in [0.05, 0.1) is 17.6 Å². The maximum absolute atomic E-state index is 10.8. The van der Waals surface area contributed by atoms with E-state index in [1.165, 1.54) is 18.6 Å². The first-order valence-electron chi connectivity index (χ1n) is 7.11. The summed E-state index contributed by atoms with van der Waals surface area (Å²) in [6.07, 6.45) is 3.52. The smallest absolute Gasteiger partial charge is 0.269 e. The highest BCUT2D eigenvalue weighted by molar-refractivity contribution is 5.52. The largest absolute Gasteiger partial charge is 0.398 e. The highest BCUT2D eigenvalue weighted by Gasteiger charge is 2.25. The lowest BCUT2D eigenvalue weighted by molar-refractivity contribution is -0.384. The molecule has 1 aliphatic rings. The third-order valence-electron chi connectivity index (χ3n) is 4.36. The first-order valence-corrected chi connectivity index (χ1v) is 7.11. The van der Waals surface area contributed by atoms with Gasteiger partial charge in [0.2, 0.25) is 0 Å². The Morgan fingerprint density at radius 3 is 2.75 bits per heavy atom. The third kappa shape index (κ3) is 3.48. The molecule has 110 valence electrons. The molecule has 0 heterocycles. The zero-order chi connectivity index (χ0) is 14.7. The Labute approximate surface area is 119 Å². The summed E-state index contributed by atoms with van der Waals surface area (Å²) in [6, 6.07) is 4.50. The van der Waals surface area contributed by atoms with E-state index in [1.807, 2.05) is 0 Å². The van der Waals surface area contributed by atoms with Crippen molar-refractivity contribution >= 4 is 11.4 Å². The molecule has 0 saturated heterocycles. The molecule has 3 unspecified atom stereocenters. The Kier molecular flexibility index (Phi) is 4.60. The van der Waals surface area contributed by atoms with Gasteiger partial charge in [-0.25, -0.2) is 0 Å². The summed E-state index contributed by atoms with van der Waals surface area (Å²) in [5, 5.41) is 10.8. The van der Waals surface area contributed by atoms with E-state index in [-0.39, 0.29) is 11.8 Å². The number of nitro groups is 1. The monoisotopic (exact) mass is 278 g/mol. The molecular weight excluding hydrogens is 256 g/mol. The van der Waals surface area contributed by atoms with E-state index < -0.39 is 4.92 Å². The molecule has 2 rings (SSSR count). The normalized spacial score (nSPS) is 26.4. The number of nitrogens with zero attached hydrogens (tertiary/aromatic N) is 1. The molecule has 1 fully saturated rings. The minimum atomic E-state index is -0.409. The molecule has 5 nitrogen and oxygen atoms in total. The van der Waals surface area contributed by atoms with Gasteiger partial charge in [0.1, 0.15) is 0 Å². The van der Waals surface area contributed by atoms with Crippen LogP contribution < -0.4 is 5.73 Å². The molecule has 0 aliphatic heterocycles.